The first-order valence-electron chi connectivity index (χ1n) is 8.20. The summed E-state index contributed by atoms with van der Waals surface area (Å²) < 4.78 is 42.4. The van der Waals surface area contributed by atoms with E-state index >= 15 is 0 Å². The largest absolute Gasteiger partial charge is 0.511 e. The topological polar surface area (TPSA) is 143 Å². The fourth-order valence-electron chi connectivity index (χ4n) is 2.94. The van der Waals surface area contributed by atoms with E-state index in [1.165, 1.54) is 6.92 Å². The molecule has 0 N–H and O–H groups in total. The quantitative estimate of drug-likeness (QED) is 0.239. The summed E-state index contributed by atoms with van der Waals surface area (Å²) in [6.45, 7) is 2.77. The van der Waals surface area contributed by atoms with Crippen molar-refractivity contribution in [3.05, 3.63) is 0 Å². The zero-order valence-electron chi connectivity index (χ0n) is 15.1. The Kier molecular flexibility index (Phi) is 5.97. The van der Waals surface area contributed by atoms with Crippen LogP contribution in [0, 0.1) is 0 Å². The highest BCUT2D eigenvalue weighted by atomic mass is 32.2. The first kappa shape index (κ1) is 20.9. The summed E-state index contributed by atoms with van der Waals surface area (Å²) in [5.74, 6) is -2.37. The number of fused-ring (bicyclic) bond motifs is 1. The maximum Gasteiger partial charge on any atom is 0.511 e. The number of sulfone groups is 1. The Hall–Kier alpha value is -2.37. The van der Waals surface area contributed by atoms with Crippen molar-refractivity contribution >= 4 is 33.8 Å². The molecule has 0 saturated carbocycles. The molecule has 2 rings (SSSR count). The third-order valence-corrected chi connectivity index (χ3v) is 7.15. The van der Waals surface area contributed by atoms with E-state index in [-0.39, 0.29) is 13.0 Å². The molecule has 2 fully saturated rings. The smallest absolute Gasteiger partial charge is 0.464 e. The van der Waals surface area contributed by atoms with Crippen molar-refractivity contribution in [3.63, 3.8) is 0 Å². The Morgan fingerprint density at radius 3 is 2.41 bits per heavy atom. The van der Waals surface area contributed by atoms with Gasteiger partial charge in [-0.15, -0.1) is 0 Å². The molecule has 2 aliphatic heterocycles. The van der Waals surface area contributed by atoms with Crippen LogP contribution in [0.2, 0.25) is 0 Å². The molecule has 0 unspecified atom stereocenters. The number of hydrogen-bond donors (Lipinski definition) is 0. The molecule has 0 radical (unpaired) electrons. The maximum absolute atomic E-state index is 12.8. The van der Waals surface area contributed by atoms with Crippen LogP contribution < -0.4 is 0 Å². The van der Waals surface area contributed by atoms with Crippen LogP contribution >= 0.6 is 0 Å². The molecular formula is C15H21NO10S. The number of β-lactam (4-membered cyclic amide) rings is 1. The van der Waals surface area contributed by atoms with Gasteiger partial charge in [0.25, 0.3) is 0 Å². The van der Waals surface area contributed by atoms with Crippen LogP contribution in [-0.2, 0) is 43.2 Å². The number of carbonyl (C=O) groups excluding carboxylic acids is 4. The molecule has 0 aromatic heterocycles. The maximum atomic E-state index is 12.8. The highest BCUT2D eigenvalue weighted by Crippen LogP contribution is 2.46. The lowest BCUT2D eigenvalue weighted by Gasteiger charge is -2.36. The Balaban J connectivity index is 2.13. The van der Waals surface area contributed by atoms with Crippen LogP contribution in [0.15, 0.2) is 0 Å². The lowest BCUT2D eigenvalue weighted by atomic mass is 9.97. The number of carbonyl (C=O) groups is 4. The van der Waals surface area contributed by atoms with Gasteiger partial charge >= 0.3 is 18.1 Å². The molecule has 12 heteroatoms. The average molecular weight is 407 g/mol. The van der Waals surface area contributed by atoms with Crippen molar-refractivity contribution < 1.29 is 46.5 Å². The molecule has 1 amide bonds. The Labute approximate surface area is 155 Å². The van der Waals surface area contributed by atoms with Crippen molar-refractivity contribution in [1.82, 2.24) is 4.90 Å². The minimum absolute atomic E-state index is 0.123. The van der Waals surface area contributed by atoms with Gasteiger partial charge in [-0.2, -0.15) is 0 Å². The third kappa shape index (κ3) is 3.70. The normalized spacial score (nSPS) is 28.0. The van der Waals surface area contributed by atoms with E-state index in [1.807, 2.05) is 0 Å². The van der Waals surface area contributed by atoms with Crippen LogP contribution in [0.4, 0.5) is 4.79 Å². The van der Waals surface area contributed by atoms with Gasteiger partial charge in [0, 0.05) is 6.92 Å². The first-order valence-corrected chi connectivity index (χ1v) is 9.75. The fourth-order valence-corrected chi connectivity index (χ4v) is 5.21. The van der Waals surface area contributed by atoms with Gasteiger partial charge in [-0.1, -0.05) is 6.92 Å². The molecule has 2 heterocycles. The van der Waals surface area contributed by atoms with Crippen molar-refractivity contribution in [2.24, 2.45) is 0 Å². The number of esters is 2. The van der Waals surface area contributed by atoms with Crippen LogP contribution in [0.1, 0.15) is 33.6 Å². The lowest BCUT2D eigenvalue weighted by Crippen LogP contribution is -2.58. The summed E-state index contributed by atoms with van der Waals surface area (Å²) in [6.07, 6.45) is -0.743. The van der Waals surface area contributed by atoms with Gasteiger partial charge in [0.1, 0.15) is 16.7 Å². The number of amides is 1. The molecular weight excluding hydrogens is 386 g/mol. The number of ether oxygens (including phenoxy) is 4. The number of nitrogens with zero attached hydrogens (tertiary/aromatic N) is 1. The zero-order valence-corrected chi connectivity index (χ0v) is 15.9. The Bertz CT molecular complexity index is 748. The molecule has 3 atom stereocenters. The van der Waals surface area contributed by atoms with E-state index in [0.29, 0.717) is 6.42 Å². The molecule has 0 spiro atoms. The SMILES string of the molecule is CCCOC(=O)OCOC(=O)[C@@H]1N2C(=O)C[C@H]2S(=O)(=O)[C@@]1(C)COC(C)=O. The second-order valence-electron chi connectivity index (χ2n) is 6.32. The number of rotatable bonds is 7. The van der Waals surface area contributed by atoms with Crippen LogP contribution in [0.3, 0.4) is 0 Å². The van der Waals surface area contributed by atoms with E-state index in [9.17, 15) is 27.6 Å². The summed E-state index contributed by atoms with van der Waals surface area (Å²) in [6, 6.07) is -1.52. The van der Waals surface area contributed by atoms with Crippen LogP contribution in [0.25, 0.3) is 0 Å². The summed E-state index contributed by atoms with van der Waals surface area (Å²) in [7, 11) is -4.01. The predicted molar refractivity (Wildman–Crippen MR) is 86.7 cm³/mol. The minimum Gasteiger partial charge on any atom is -0.464 e. The van der Waals surface area contributed by atoms with Crippen LogP contribution in [-0.4, -0.2) is 73.5 Å². The number of hydrogen-bond acceptors (Lipinski definition) is 10. The summed E-state index contributed by atoms with van der Waals surface area (Å²) in [5, 5.41) is -1.18. The van der Waals surface area contributed by atoms with Crippen molar-refractivity contribution in [3.8, 4) is 0 Å². The van der Waals surface area contributed by atoms with Crippen LogP contribution in [0.5, 0.6) is 0 Å². The molecule has 2 aliphatic rings. The van der Waals surface area contributed by atoms with Crippen molar-refractivity contribution in [1.29, 1.82) is 0 Å². The molecule has 0 aliphatic carbocycles. The monoisotopic (exact) mass is 407 g/mol. The van der Waals surface area contributed by atoms with Gasteiger partial charge in [0.2, 0.25) is 12.7 Å². The van der Waals surface area contributed by atoms with E-state index in [0.717, 1.165) is 11.8 Å². The van der Waals surface area contributed by atoms with Crippen molar-refractivity contribution in [2.75, 3.05) is 20.0 Å². The summed E-state index contributed by atoms with van der Waals surface area (Å²) in [5.41, 5.74) is 0. The second kappa shape index (κ2) is 7.71. The Morgan fingerprint density at radius 2 is 1.85 bits per heavy atom. The second-order valence-corrected chi connectivity index (χ2v) is 8.89. The van der Waals surface area contributed by atoms with E-state index < -0.39 is 63.4 Å². The molecule has 0 bridgehead atoms. The first-order chi connectivity index (χ1) is 12.6. The van der Waals surface area contributed by atoms with Gasteiger partial charge in [0.05, 0.1) is 13.0 Å². The summed E-state index contributed by atoms with van der Waals surface area (Å²) >= 11 is 0. The predicted octanol–water partition coefficient (Wildman–Crippen LogP) is -0.272. The van der Waals surface area contributed by atoms with Gasteiger partial charge in [0.15, 0.2) is 15.9 Å². The van der Waals surface area contributed by atoms with Crippen molar-refractivity contribution in [2.45, 2.75) is 49.8 Å². The molecule has 152 valence electrons. The zero-order chi connectivity index (χ0) is 20.4. The third-order valence-electron chi connectivity index (χ3n) is 4.40. The van der Waals surface area contributed by atoms with E-state index in [1.54, 1.807) is 6.92 Å². The molecule has 2 saturated heterocycles. The van der Waals surface area contributed by atoms with E-state index in [2.05, 4.69) is 9.47 Å². The Morgan fingerprint density at radius 1 is 1.19 bits per heavy atom. The minimum atomic E-state index is -4.01. The fraction of sp³-hybridized carbons (Fsp3) is 0.733. The lowest BCUT2D eigenvalue weighted by molar-refractivity contribution is -0.169. The highest BCUT2D eigenvalue weighted by Gasteiger charge is 2.70. The highest BCUT2D eigenvalue weighted by molar-refractivity contribution is 7.94. The molecule has 27 heavy (non-hydrogen) atoms. The van der Waals surface area contributed by atoms with Gasteiger partial charge in [-0.25, -0.2) is 18.0 Å². The molecule has 0 aromatic carbocycles. The molecule has 0 aromatic rings. The van der Waals surface area contributed by atoms with Gasteiger partial charge < -0.3 is 23.8 Å². The van der Waals surface area contributed by atoms with Gasteiger partial charge in [-0.05, 0) is 13.3 Å². The average Bonchev–Trinajstić information content (AvgIpc) is 2.72. The molecule has 11 nitrogen and oxygen atoms in total. The standard InChI is InChI=1S/C15H21NO10S/c1-4-5-23-14(20)26-8-25-13(19)12-15(3,7-24-9(2)17)27(21,22)11-6-10(18)16(11)12/h11-12H,4-8H2,1-3H3/t11-,12+,15+/m1/s1. The van der Waals surface area contributed by atoms with Gasteiger partial charge in [-0.3, -0.25) is 9.59 Å². The summed E-state index contributed by atoms with van der Waals surface area (Å²) in [4.78, 5) is 47.6. The van der Waals surface area contributed by atoms with E-state index in [4.69, 9.17) is 9.47 Å².